The second-order valence-electron chi connectivity index (χ2n) is 4.99. The summed E-state index contributed by atoms with van der Waals surface area (Å²) in [5, 5.41) is 0. The van der Waals surface area contributed by atoms with Gasteiger partial charge in [-0.25, -0.2) is 8.42 Å². The van der Waals surface area contributed by atoms with Crippen LogP contribution in [0.15, 0.2) is 59.5 Å². The zero-order valence-corrected chi connectivity index (χ0v) is 12.8. The van der Waals surface area contributed by atoms with Crippen molar-refractivity contribution < 1.29 is 13.2 Å². The lowest BCUT2D eigenvalue weighted by Crippen LogP contribution is -2.07. The summed E-state index contributed by atoms with van der Waals surface area (Å²) >= 11 is 0. The summed E-state index contributed by atoms with van der Waals surface area (Å²) in [7, 11) is -3.22. The number of hydrogen-bond donors (Lipinski definition) is 0. The van der Waals surface area contributed by atoms with E-state index in [-0.39, 0.29) is 11.5 Å². The quantitative estimate of drug-likeness (QED) is 0.769. The van der Waals surface area contributed by atoms with E-state index in [4.69, 9.17) is 0 Å². The van der Waals surface area contributed by atoms with Crippen LogP contribution in [0.5, 0.6) is 0 Å². The van der Waals surface area contributed by atoms with E-state index in [1.807, 2.05) is 18.2 Å². The number of aryl methyl sites for hydroxylation is 1. The van der Waals surface area contributed by atoms with Gasteiger partial charge in [-0.15, -0.1) is 0 Å². The molecular formula is C17H18O3S. The molecule has 0 aromatic heterocycles. The first-order valence-corrected chi connectivity index (χ1v) is 8.52. The molecule has 0 N–H and O–H groups in total. The van der Waals surface area contributed by atoms with Crippen molar-refractivity contribution in [2.75, 3.05) is 5.75 Å². The highest BCUT2D eigenvalue weighted by molar-refractivity contribution is 7.91. The Balaban J connectivity index is 1.98. The molecule has 0 saturated heterocycles. The van der Waals surface area contributed by atoms with Gasteiger partial charge in [0.2, 0.25) is 0 Å². The topological polar surface area (TPSA) is 51.2 Å². The fourth-order valence-corrected chi connectivity index (χ4v) is 3.49. The maximum absolute atomic E-state index is 12.1. The van der Waals surface area contributed by atoms with Gasteiger partial charge in [-0.3, -0.25) is 4.79 Å². The van der Waals surface area contributed by atoms with Crippen LogP contribution >= 0.6 is 0 Å². The maximum atomic E-state index is 12.1. The van der Waals surface area contributed by atoms with Gasteiger partial charge >= 0.3 is 0 Å². The highest BCUT2D eigenvalue weighted by atomic mass is 32.2. The zero-order valence-electron chi connectivity index (χ0n) is 12.0. The van der Waals surface area contributed by atoms with E-state index in [0.29, 0.717) is 23.3 Å². The van der Waals surface area contributed by atoms with Crippen molar-refractivity contribution in [2.24, 2.45) is 0 Å². The smallest absolute Gasteiger partial charge is 0.178 e. The minimum absolute atomic E-state index is 0.0220. The maximum Gasteiger partial charge on any atom is 0.178 e. The van der Waals surface area contributed by atoms with E-state index in [0.717, 1.165) is 5.56 Å². The molecule has 0 amide bonds. The van der Waals surface area contributed by atoms with E-state index in [2.05, 4.69) is 0 Å². The van der Waals surface area contributed by atoms with Crippen molar-refractivity contribution >= 4 is 15.6 Å². The molecule has 21 heavy (non-hydrogen) atoms. The molecule has 0 saturated carbocycles. The predicted molar refractivity (Wildman–Crippen MR) is 83.3 cm³/mol. The summed E-state index contributed by atoms with van der Waals surface area (Å²) in [4.78, 5) is 11.7. The first-order chi connectivity index (χ1) is 9.99. The first-order valence-electron chi connectivity index (χ1n) is 6.87. The molecule has 0 aliphatic heterocycles. The monoisotopic (exact) mass is 302 g/mol. The molecule has 2 aromatic rings. The van der Waals surface area contributed by atoms with Crippen molar-refractivity contribution in [3.63, 3.8) is 0 Å². The van der Waals surface area contributed by atoms with Crippen molar-refractivity contribution in [2.45, 2.75) is 24.7 Å². The van der Waals surface area contributed by atoms with Gasteiger partial charge in [-0.05, 0) is 43.5 Å². The average molecular weight is 302 g/mol. The van der Waals surface area contributed by atoms with Gasteiger partial charge < -0.3 is 0 Å². The minimum atomic E-state index is -3.22. The molecule has 2 rings (SSSR count). The number of carbonyl (C=O) groups is 1. The molecule has 2 aromatic carbocycles. The second kappa shape index (κ2) is 6.68. The van der Waals surface area contributed by atoms with Crippen LogP contribution in [-0.4, -0.2) is 20.0 Å². The van der Waals surface area contributed by atoms with Crippen molar-refractivity contribution in [1.82, 2.24) is 0 Å². The van der Waals surface area contributed by atoms with Crippen LogP contribution in [0.3, 0.4) is 0 Å². The fourth-order valence-electron chi connectivity index (χ4n) is 2.16. The van der Waals surface area contributed by atoms with E-state index in [9.17, 15) is 13.2 Å². The predicted octanol–water partition coefficient (Wildman–Crippen LogP) is 3.30. The standard InChI is InChI=1S/C17H18O3S/c1-14(18)16-9-5-7-15(13-16)8-6-12-21(19,20)17-10-3-2-4-11-17/h2-5,7,9-11,13H,6,8,12H2,1H3. The minimum Gasteiger partial charge on any atom is -0.295 e. The van der Waals surface area contributed by atoms with Gasteiger partial charge in [0.05, 0.1) is 10.6 Å². The highest BCUT2D eigenvalue weighted by Gasteiger charge is 2.13. The summed E-state index contributed by atoms with van der Waals surface area (Å²) in [6.07, 6.45) is 1.19. The van der Waals surface area contributed by atoms with Gasteiger partial charge in [0.25, 0.3) is 0 Å². The lowest BCUT2D eigenvalue weighted by atomic mass is 10.1. The summed E-state index contributed by atoms with van der Waals surface area (Å²) < 4.78 is 24.3. The molecule has 0 bridgehead atoms. The molecule has 4 heteroatoms. The summed E-state index contributed by atoms with van der Waals surface area (Å²) in [5.41, 5.74) is 1.66. The average Bonchev–Trinajstić information content (AvgIpc) is 2.48. The normalized spacial score (nSPS) is 11.3. The molecule has 0 spiro atoms. The lowest BCUT2D eigenvalue weighted by Gasteiger charge is -2.05. The lowest BCUT2D eigenvalue weighted by molar-refractivity contribution is 0.101. The second-order valence-corrected chi connectivity index (χ2v) is 7.10. The number of ketones is 1. The van der Waals surface area contributed by atoms with Crippen molar-refractivity contribution in [3.8, 4) is 0 Å². The van der Waals surface area contributed by atoms with Crippen molar-refractivity contribution in [3.05, 3.63) is 65.7 Å². The van der Waals surface area contributed by atoms with E-state index in [1.54, 1.807) is 36.4 Å². The van der Waals surface area contributed by atoms with E-state index in [1.165, 1.54) is 6.92 Å². The summed E-state index contributed by atoms with van der Waals surface area (Å²) in [6, 6.07) is 15.8. The molecule has 0 atom stereocenters. The van der Waals surface area contributed by atoms with Gasteiger partial charge in [0, 0.05) is 5.56 Å². The highest BCUT2D eigenvalue weighted by Crippen LogP contribution is 2.14. The van der Waals surface area contributed by atoms with Gasteiger partial charge in [-0.2, -0.15) is 0 Å². The Bertz CT molecular complexity index is 719. The van der Waals surface area contributed by atoms with Crippen LogP contribution in [-0.2, 0) is 16.3 Å². The molecule has 0 unspecified atom stereocenters. The molecule has 3 nitrogen and oxygen atoms in total. The fraction of sp³-hybridized carbons (Fsp3) is 0.235. The largest absolute Gasteiger partial charge is 0.295 e. The van der Waals surface area contributed by atoms with Crippen LogP contribution in [0, 0.1) is 0 Å². The number of Topliss-reactive ketones (excluding diaryl/α,β-unsaturated/α-hetero) is 1. The summed E-state index contributed by atoms with van der Waals surface area (Å²) in [5.74, 6) is 0.134. The Morgan fingerprint density at radius 2 is 1.71 bits per heavy atom. The Labute approximate surface area is 125 Å². The number of hydrogen-bond acceptors (Lipinski definition) is 3. The molecule has 110 valence electrons. The Kier molecular flexibility index (Phi) is 4.91. The summed E-state index contributed by atoms with van der Waals surface area (Å²) in [6.45, 7) is 1.53. The van der Waals surface area contributed by atoms with Gasteiger partial charge in [-0.1, -0.05) is 36.4 Å². The number of carbonyl (C=O) groups excluding carboxylic acids is 1. The third kappa shape index (κ3) is 4.26. The van der Waals surface area contributed by atoms with Crippen LogP contribution in [0.2, 0.25) is 0 Å². The molecule has 0 heterocycles. The van der Waals surface area contributed by atoms with Crippen LogP contribution < -0.4 is 0 Å². The molecule has 0 aliphatic rings. The third-order valence-electron chi connectivity index (χ3n) is 3.31. The van der Waals surface area contributed by atoms with Crippen LogP contribution in [0.1, 0.15) is 29.3 Å². The molecular weight excluding hydrogens is 284 g/mol. The van der Waals surface area contributed by atoms with Crippen molar-refractivity contribution in [1.29, 1.82) is 0 Å². The Morgan fingerprint density at radius 3 is 2.38 bits per heavy atom. The first kappa shape index (κ1) is 15.4. The van der Waals surface area contributed by atoms with E-state index < -0.39 is 9.84 Å². The number of benzene rings is 2. The molecule has 0 fully saturated rings. The number of rotatable bonds is 6. The Morgan fingerprint density at radius 1 is 1.00 bits per heavy atom. The third-order valence-corrected chi connectivity index (χ3v) is 5.13. The van der Waals surface area contributed by atoms with Crippen LogP contribution in [0.25, 0.3) is 0 Å². The molecule has 0 aliphatic carbocycles. The number of sulfone groups is 1. The van der Waals surface area contributed by atoms with E-state index >= 15 is 0 Å². The van der Waals surface area contributed by atoms with Crippen LogP contribution in [0.4, 0.5) is 0 Å². The molecule has 0 radical (unpaired) electrons. The Hall–Kier alpha value is -1.94. The van der Waals surface area contributed by atoms with Gasteiger partial charge in [0.15, 0.2) is 15.6 Å². The zero-order chi connectivity index (χ0) is 15.3. The SMILES string of the molecule is CC(=O)c1cccc(CCCS(=O)(=O)c2ccccc2)c1. The van der Waals surface area contributed by atoms with Gasteiger partial charge in [0.1, 0.15) is 0 Å².